The van der Waals surface area contributed by atoms with Crippen molar-refractivity contribution in [3.8, 4) is 0 Å². The van der Waals surface area contributed by atoms with Crippen molar-refractivity contribution in [3.63, 3.8) is 0 Å². The molecule has 134 valence electrons. The molecule has 1 fully saturated rings. The van der Waals surface area contributed by atoms with E-state index in [2.05, 4.69) is 16.0 Å². The molecule has 1 aliphatic rings. The summed E-state index contributed by atoms with van der Waals surface area (Å²) in [5.74, 6) is 0.786. The smallest absolute Gasteiger partial charge is 0.224 e. The fourth-order valence-electron chi connectivity index (χ4n) is 3.09. The largest absolute Gasteiger partial charge is 0.355 e. The zero-order valence-electron chi connectivity index (χ0n) is 14.3. The van der Waals surface area contributed by atoms with E-state index >= 15 is 0 Å². The predicted molar refractivity (Wildman–Crippen MR) is 107 cm³/mol. The lowest BCUT2D eigenvalue weighted by molar-refractivity contribution is -0.116. The molecule has 0 spiro atoms. The lowest BCUT2D eigenvalue weighted by atomic mass is 9.93. The van der Waals surface area contributed by atoms with Gasteiger partial charge in [-0.2, -0.15) is 0 Å². The van der Waals surface area contributed by atoms with Crippen LogP contribution < -0.4 is 16.0 Å². The first kappa shape index (κ1) is 19.3. The first-order valence-corrected chi connectivity index (χ1v) is 8.72. The molecule has 2 aromatic carbocycles. The highest BCUT2D eigenvalue weighted by Gasteiger charge is 2.14. The maximum atomic E-state index is 12.2. The highest BCUT2D eigenvalue weighted by Crippen LogP contribution is 2.21. The molecule has 0 radical (unpaired) electrons. The lowest BCUT2D eigenvalue weighted by Gasteiger charge is -2.22. The van der Waals surface area contributed by atoms with Gasteiger partial charge in [0.1, 0.15) is 0 Å². The van der Waals surface area contributed by atoms with Crippen molar-refractivity contribution < 1.29 is 4.79 Å². The van der Waals surface area contributed by atoms with Gasteiger partial charge in [-0.05, 0) is 68.6 Å². The summed E-state index contributed by atoms with van der Waals surface area (Å²) in [6.45, 7) is 2.17. The van der Waals surface area contributed by atoms with Crippen molar-refractivity contribution in [1.29, 1.82) is 0 Å². The van der Waals surface area contributed by atoms with Crippen molar-refractivity contribution >= 4 is 35.4 Å². The van der Waals surface area contributed by atoms with E-state index < -0.39 is 0 Å². The van der Waals surface area contributed by atoms with Crippen molar-refractivity contribution in [2.75, 3.05) is 23.7 Å². The van der Waals surface area contributed by atoms with Crippen LogP contribution in [0, 0.1) is 5.92 Å². The molecule has 0 unspecified atom stereocenters. The van der Waals surface area contributed by atoms with Crippen molar-refractivity contribution in [2.24, 2.45) is 5.92 Å². The standard InChI is InChI=1S/C20H25N3O.ClH/c24-20(10-9-16-11-13-21-14-12-16)23-19-8-4-7-18(15-19)22-17-5-2-1-3-6-17;/h1-8,15-16,21-22H,9-14H2,(H,23,24);1H. The molecular formula is C20H26ClN3O. The van der Waals surface area contributed by atoms with Crippen LogP contribution in [0.3, 0.4) is 0 Å². The maximum Gasteiger partial charge on any atom is 0.224 e. The minimum atomic E-state index is 0. The number of piperidine rings is 1. The van der Waals surface area contributed by atoms with E-state index in [1.165, 1.54) is 12.8 Å². The molecule has 3 N–H and O–H groups in total. The number of anilines is 3. The van der Waals surface area contributed by atoms with Crippen LogP contribution in [0.15, 0.2) is 54.6 Å². The number of carbonyl (C=O) groups is 1. The number of carbonyl (C=O) groups excluding carboxylic acids is 1. The van der Waals surface area contributed by atoms with Gasteiger partial charge >= 0.3 is 0 Å². The number of amides is 1. The zero-order valence-corrected chi connectivity index (χ0v) is 15.1. The van der Waals surface area contributed by atoms with Gasteiger partial charge in [-0.25, -0.2) is 0 Å². The van der Waals surface area contributed by atoms with Crippen molar-refractivity contribution in [2.45, 2.75) is 25.7 Å². The SMILES string of the molecule is Cl.O=C(CCC1CCNCC1)Nc1cccc(Nc2ccccc2)c1. The third-order valence-corrected chi connectivity index (χ3v) is 4.45. The molecule has 25 heavy (non-hydrogen) atoms. The summed E-state index contributed by atoms with van der Waals surface area (Å²) in [4.78, 5) is 12.2. The molecule has 0 aromatic heterocycles. The van der Waals surface area contributed by atoms with Crippen molar-refractivity contribution in [3.05, 3.63) is 54.6 Å². The number of hydrogen-bond donors (Lipinski definition) is 3. The van der Waals surface area contributed by atoms with Crippen LogP contribution in [0.4, 0.5) is 17.1 Å². The predicted octanol–water partition coefficient (Wildman–Crippen LogP) is 4.57. The van der Waals surface area contributed by atoms with E-state index in [9.17, 15) is 4.79 Å². The molecule has 1 amide bonds. The van der Waals surface area contributed by atoms with Gasteiger partial charge in [0.15, 0.2) is 0 Å². The van der Waals surface area contributed by atoms with Gasteiger partial charge in [0, 0.05) is 23.5 Å². The van der Waals surface area contributed by atoms with Gasteiger partial charge in [-0.1, -0.05) is 24.3 Å². The Hall–Kier alpha value is -2.04. The molecule has 0 atom stereocenters. The first-order chi connectivity index (χ1) is 11.8. The topological polar surface area (TPSA) is 53.2 Å². The number of para-hydroxylation sites is 1. The Labute approximate surface area is 155 Å². The van der Waals surface area contributed by atoms with Crippen LogP contribution in [-0.4, -0.2) is 19.0 Å². The quantitative estimate of drug-likeness (QED) is 0.708. The monoisotopic (exact) mass is 359 g/mol. The van der Waals surface area contributed by atoms with Crippen LogP contribution in [0.2, 0.25) is 0 Å². The normalized spacial score (nSPS) is 14.4. The van der Waals surface area contributed by atoms with Crippen LogP contribution in [0.5, 0.6) is 0 Å². The number of halogens is 1. The Balaban J connectivity index is 0.00000225. The molecule has 0 bridgehead atoms. The average Bonchev–Trinajstić information content (AvgIpc) is 2.62. The zero-order chi connectivity index (χ0) is 16.6. The molecule has 1 aliphatic heterocycles. The van der Waals surface area contributed by atoms with Gasteiger partial charge in [0.25, 0.3) is 0 Å². The Morgan fingerprint density at radius 3 is 2.40 bits per heavy atom. The summed E-state index contributed by atoms with van der Waals surface area (Å²) in [6, 6.07) is 17.9. The summed E-state index contributed by atoms with van der Waals surface area (Å²) in [6.07, 6.45) is 3.95. The summed E-state index contributed by atoms with van der Waals surface area (Å²) in [5, 5.41) is 9.72. The van der Waals surface area contributed by atoms with E-state index in [4.69, 9.17) is 0 Å². The fraction of sp³-hybridized carbons (Fsp3) is 0.350. The Bertz CT molecular complexity index is 657. The summed E-state index contributed by atoms with van der Waals surface area (Å²) in [5.41, 5.74) is 2.84. The summed E-state index contributed by atoms with van der Waals surface area (Å²) in [7, 11) is 0. The number of rotatable bonds is 6. The Morgan fingerprint density at radius 2 is 1.64 bits per heavy atom. The average molecular weight is 360 g/mol. The van der Waals surface area contributed by atoms with Crippen LogP contribution in [0.25, 0.3) is 0 Å². The third-order valence-electron chi connectivity index (χ3n) is 4.45. The second-order valence-electron chi connectivity index (χ2n) is 6.35. The Kier molecular flexibility index (Phi) is 7.76. The van der Waals surface area contributed by atoms with E-state index in [1.807, 2.05) is 54.6 Å². The molecule has 0 saturated carbocycles. The van der Waals surface area contributed by atoms with Gasteiger partial charge in [0.2, 0.25) is 5.91 Å². The Morgan fingerprint density at radius 1 is 0.960 bits per heavy atom. The van der Waals surface area contributed by atoms with Crippen molar-refractivity contribution in [1.82, 2.24) is 5.32 Å². The van der Waals surface area contributed by atoms with Gasteiger partial charge in [-0.15, -0.1) is 12.4 Å². The molecule has 0 aliphatic carbocycles. The molecule has 2 aromatic rings. The van der Waals surface area contributed by atoms with E-state index in [0.717, 1.165) is 36.6 Å². The highest BCUT2D eigenvalue weighted by molar-refractivity contribution is 5.91. The molecule has 1 saturated heterocycles. The molecular weight excluding hydrogens is 334 g/mol. The minimum absolute atomic E-state index is 0. The molecule has 1 heterocycles. The van der Waals surface area contributed by atoms with E-state index in [0.29, 0.717) is 12.3 Å². The fourth-order valence-corrected chi connectivity index (χ4v) is 3.09. The summed E-state index contributed by atoms with van der Waals surface area (Å²) < 4.78 is 0. The second kappa shape index (κ2) is 10.1. The number of hydrogen-bond acceptors (Lipinski definition) is 3. The van der Waals surface area contributed by atoms with Gasteiger partial charge in [-0.3, -0.25) is 4.79 Å². The minimum Gasteiger partial charge on any atom is -0.355 e. The second-order valence-corrected chi connectivity index (χ2v) is 6.35. The number of benzene rings is 2. The highest BCUT2D eigenvalue weighted by atomic mass is 35.5. The van der Waals surface area contributed by atoms with Crippen LogP contribution in [-0.2, 0) is 4.79 Å². The van der Waals surface area contributed by atoms with E-state index in [1.54, 1.807) is 0 Å². The summed E-state index contributed by atoms with van der Waals surface area (Å²) >= 11 is 0. The molecule has 4 nitrogen and oxygen atoms in total. The van der Waals surface area contributed by atoms with Crippen LogP contribution in [0.1, 0.15) is 25.7 Å². The first-order valence-electron chi connectivity index (χ1n) is 8.72. The lowest BCUT2D eigenvalue weighted by Crippen LogP contribution is -2.28. The molecule has 3 rings (SSSR count). The van der Waals surface area contributed by atoms with Gasteiger partial charge < -0.3 is 16.0 Å². The maximum absolute atomic E-state index is 12.2. The number of nitrogens with one attached hydrogen (secondary N) is 3. The molecule has 5 heteroatoms. The third kappa shape index (κ3) is 6.40. The van der Waals surface area contributed by atoms with E-state index in [-0.39, 0.29) is 18.3 Å². The van der Waals surface area contributed by atoms with Crippen LogP contribution >= 0.6 is 12.4 Å². The van der Waals surface area contributed by atoms with Gasteiger partial charge in [0.05, 0.1) is 0 Å².